The first-order chi connectivity index (χ1) is 11.9. The smallest absolute Gasteiger partial charge is 0.242 e. The number of nitrogens with one attached hydrogen (secondary N) is 1. The van der Waals surface area contributed by atoms with Crippen LogP contribution in [0.3, 0.4) is 0 Å². The third-order valence-electron chi connectivity index (χ3n) is 3.88. The molecule has 0 aromatic heterocycles. The van der Waals surface area contributed by atoms with Crippen LogP contribution >= 0.6 is 0 Å². The Bertz CT molecular complexity index is 804. The molecule has 0 aliphatic rings. The number of carbonyl (C=O) groups is 1. The molecular weight excluding hydrogens is 336 g/mol. The number of rotatable bonds is 8. The molecule has 0 aliphatic carbocycles. The molecule has 0 saturated carbocycles. The molecular formula is C19H24N2O3S. The van der Waals surface area contributed by atoms with Gasteiger partial charge in [0.25, 0.3) is 0 Å². The highest BCUT2D eigenvalue weighted by Crippen LogP contribution is 2.15. The summed E-state index contributed by atoms with van der Waals surface area (Å²) in [5.41, 5.74) is 2.78. The van der Waals surface area contributed by atoms with Crippen LogP contribution in [0.5, 0.6) is 0 Å². The van der Waals surface area contributed by atoms with Crippen molar-refractivity contribution in [1.29, 1.82) is 0 Å². The van der Waals surface area contributed by atoms with Crippen LogP contribution in [0.4, 0.5) is 5.69 Å². The Labute approximate surface area is 149 Å². The largest absolute Gasteiger partial charge is 0.312 e. The van der Waals surface area contributed by atoms with Gasteiger partial charge in [-0.05, 0) is 43.5 Å². The molecule has 0 radical (unpaired) electrons. The molecule has 0 atom stereocenters. The second-order valence-corrected chi connectivity index (χ2v) is 7.78. The summed E-state index contributed by atoms with van der Waals surface area (Å²) in [7, 11) is -3.50. The third-order valence-corrected chi connectivity index (χ3v) is 5.20. The minimum atomic E-state index is -3.50. The van der Waals surface area contributed by atoms with Crippen LogP contribution in [0.1, 0.15) is 18.1 Å². The summed E-state index contributed by atoms with van der Waals surface area (Å²) in [6.45, 7) is 4.06. The molecule has 0 unspecified atom stereocenters. The monoisotopic (exact) mass is 360 g/mol. The number of anilines is 1. The van der Waals surface area contributed by atoms with Crippen LogP contribution in [-0.2, 0) is 21.2 Å². The van der Waals surface area contributed by atoms with Gasteiger partial charge in [-0.15, -0.1) is 0 Å². The minimum Gasteiger partial charge on any atom is -0.312 e. The van der Waals surface area contributed by atoms with Crippen molar-refractivity contribution < 1.29 is 13.2 Å². The summed E-state index contributed by atoms with van der Waals surface area (Å²) in [6, 6.07) is 17.0. The molecule has 0 spiro atoms. The zero-order valence-corrected chi connectivity index (χ0v) is 15.4. The Hall–Kier alpha value is -2.18. The molecule has 0 fully saturated rings. The molecule has 2 rings (SSSR count). The van der Waals surface area contributed by atoms with E-state index in [1.54, 1.807) is 4.90 Å². The number of hydrogen-bond donors (Lipinski definition) is 1. The maximum absolute atomic E-state index is 12.4. The molecule has 2 aromatic carbocycles. The van der Waals surface area contributed by atoms with Gasteiger partial charge in [0.1, 0.15) is 0 Å². The lowest BCUT2D eigenvalue weighted by Crippen LogP contribution is -2.41. The van der Waals surface area contributed by atoms with Gasteiger partial charge in [-0.2, -0.15) is 0 Å². The van der Waals surface area contributed by atoms with E-state index < -0.39 is 10.0 Å². The van der Waals surface area contributed by atoms with Crippen LogP contribution in [-0.4, -0.2) is 33.2 Å². The maximum Gasteiger partial charge on any atom is 0.242 e. The SMILES string of the molecule is CCN(C(=O)CNS(=O)(=O)CCc1ccccc1)c1cccc(C)c1. The summed E-state index contributed by atoms with van der Waals surface area (Å²) >= 11 is 0. The van der Waals surface area contributed by atoms with Crippen molar-refractivity contribution >= 4 is 21.6 Å². The molecule has 134 valence electrons. The number of carbonyl (C=O) groups excluding carboxylic acids is 1. The van der Waals surface area contributed by atoms with Gasteiger partial charge < -0.3 is 4.90 Å². The average Bonchev–Trinajstić information content (AvgIpc) is 2.60. The second-order valence-electron chi connectivity index (χ2n) is 5.85. The Kier molecular flexibility index (Phi) is 6.73. The fraction of sp³-hybridized carbons (Fsp3) is 0.316. The molecule has 2 aromatic rings. The van der Waals surface area contributed by atoms with Crippen molar-refractivity contribution in [3.8, 4) is 0 Å². The van der Waals surface area contributed by atoms with Crippen molar-refractivity contribution in [3.05, 3.63) is 65.7 Å². The highest BCUT2D eigenvalue weighted by molar-refractivity contribution is 7.89. The van der Waals surface area contributed by atoms with Crippen LogP contribution in [0.25, 0.3) is 0 Å². The first kappa shape index (κ1) is 19.1. The van der Waals surface area contributed by atoms with E-state index in [-0.39, 0.29) is 18.2 Å². The quantitative estimate of drug-likeness (QED) is 0.787. The fourth-order valence-electron chi connectivity index (χ4n) is 2.53. The predicted octanol–water partition coefficient (Wildman–Crippen LogP) is 2.51. The number of hydrogen-bond acceptors (Lipinski definition) is 3. The first-order valence-electron chi connectivity index (χ1n) is 8.29. The highest BCUT2D eigenvalue weighted by Gasteiger charge is 2.17. The van der Waals surface area contributed by atoms with E-state index in [1.807, 2.05) is 68.4 Å². The topological polar surface area (TPSA) is 66.5 Å². The normalized spacial score (nSPS) is 11.3. The number of aryl methyl sites for hydroxylation is 2. The lowest BCUT2D eigenvalue weighted by atomic mass is 10.2. The number of likely N-dealkylation sites (N-methyl/N-ethyl adjacent to an activating group) is 1. The molecule has 5 nitrogen and oxygen atoms in total. The molecule has 25 heavy (non-hydrogen) atoms. The van der Waals surface area contributed by atoms with Crippen LogP contribution in [0.15, 0.2) is 54.6 Å². The fourth-order valence-corrected chi connectivity index (χ4v) is 3.53. The molecule has 1 amide bonds. The third kappa shape index (κ3) is 5.99. The second kappa shape index (κ2) is 8.78. The van der Waals surface area contributed by atoms with Crippen molar-refractivity contribution in [2.45, 2.75) is 20.3 Å². The minimum absolute atomic E-state index is 0.0408. The van der Waals surface area contributed by atoms with Crippen molar-refractivity contribution in [3.63, 3.8) is 0 Å². The Morgan fingerprint density at radius 3 is 2.44 bits per heavy atom. The number of nitrogens with zero attached hydrogens (tertiary/aromatic N) is 1. The van der Waals surface area contributed by atoms with E-state index in [4.69, 9.17) is 0 Å². The summed E-state index contributed by atoms with van der Waals surface area (Å²) in [4.78, 5) is 14.0. The van der Waals surface area contributed by atoms with Crippen LogP contribution in [0.2, 0.25) is 0 Å². The van der Waals surface area contributed by atoms with Gasteiger partial charge >= 0.3 is 0 Å². The Balaban J connectivity index is 1.93. The lowest BCUT2D eigenvalue weighted by Gasteiger charge is -2.21. The number of amides is 1. The van der Waals surface area contributed by atoms with Crippen LogP contribution in [0, 0.1) is 6.92 Å². The molecule has 0 bridgehead atoms. The van der Waals surface area contributed by atoms with E-state index in [2.05, 4.69) is 4.72 Å². The van der Waals surface area contributed by atoms with E-state index in [9.17, 15) is 13.2 Å². The van der Waals surface area contributed by atoms with Crippen molar-refractivity contribution in [1.82, 2.24) is 4.72 Å². The van der Waals surface area contributed by atoms with Gasteiger partial charge in [0.15, 0.2) is 0 Å². The maximum atomic E-state index is 12.4. The molecule has 0 heterocycles. The van der Waals surface area contributed by atoms with E-state index in [0.717, 1.165) is 16.8 Å². The average molecular weight is 360 g/mol. The van der Waals surface area contributed by atoms with Gasteiger partial charge in [0.05, 0.1) is 12.3 Å². The van der Waals surface area contributed by atoms with Gasteiger partial charge in [0, 0.05) is 12.2 Å². The zero-order valence-electron chi connectivity index (χ0n) is 14.6. The summed E-state index contributed by atoms with van der Waals surface area (Å²) in [5.74, 6) is -0.308. The van der Waals surface area contributed by atoms with E-state index in [1.165, 1.54) is 0 Å². The zero-order chi connectivity index (χ0) is 18.3. The molecule has 0 aliphatic heterocycles. The van der Waals surface area contributed by atoms with Crippen molar-refractivity contribution in [2.75, 3.05) is 23.7 Å². The standard InChI is InChI=1S/C19H24N2O3S/c1-3-21(18-11-7-8-16(2)14-18)19(22)15-20-25(23,24)13-12-17-9-5-4-6-10-17/h4-11,14,20H,3,12-13,15H2,1-2H3. The lowest BCUT2D eigenvalue weighted by molar-refractivity contribution is -0.117. The molecule has 1 N–H and O–H groups in total. The Morgan fingerprint density at radius 2 is 1.80 bits per heavy atom. The van der Waals surface area contributed by atoms with Gasteiger partial charge in [-0.25, -0.2) is 13.1 Å². The summed E-state index contributed by atoms with van der Waals surface area (Å²) in [5, 5.41) is 0. The summed E-state index contributed by atoms with van der Waals surface area (Å²) in [6.07, 6.45) is 0.416. The summed E-state index contributed by atoms with van der Waals surface area (Å²) < 4.78 is 26.7. The van der Waals surface area contributed by atoms with Crippen LogP contribution < -0.4 is 9.62 Å². The highest BCUT2D eigenvalue weighted by atomic mass is 32.2. The van der Waals surface area contributed by atoms with Crippen molar-refractivity contribution in [2.24, 2.45) is 0 Å². The first-order valence-corrected chi connectivity index (χ1v) is 9.95. The molecule has 6 heteroatoms. The van der Waals surface area contributed by atoms with E-state index in [0.29, 0.717) is 13.0 Å². The number of sulfonamides is 1. The van der Waals surface area contributed by atoms with E-state index >= 15 is 0 Å². The van der Waals surface area contributed by atoms with Gasteiger partial charge in [-0.1, -0.05) is 42.5 Å². The Morgan fingerprint density at radius 1 is 1.08 bits per heavy atom. The number of benzene rings is 2. The van der Waals surface area contributed by atoms with Gasteiger partial charge in [0.2, 0.25) is 15.9 Å². The molecule has 0 saturated heterocycles. The van der Waals surface area contributed by atoms with Gasteiger partial charge in [-0.3, -0.25) is 4.79 Å². The predicted molar refractivity (Wildman–Crippen MR) is 101 cm³/mol.